The molecule has 0 fully saturated rings. The van der Waals surface area contributed by atoms with Crippen molar-refractivity contribution in [3.8, 4) is 10.8 Å². The molecule has 7 heteroatoms. The summed E-state index contributed by atoms with van der Waals surface area (Å²) < 4.78 is 15.3. The molecule has 2 heterocycles. The van der Waals surface area contributed by atoms with Crippen LogP contribution in [0.5, 0.6) is 0 Å². The van der Waals surface area contributed by atoms with E-state index in [1.807, 2.05) is 17.5 Å². The van der Waals surface area contributed by atoms with Crippen molar-refractivity contribution in [1.82, 2.24) is 10.1 Å². The van der Waals surface area contributed by atoms with Crippen molar-refractivity contribution in [1.29, 1.82) is 0 Å². The van der Waals surface area contributed by atoms with Gasteiger partial charge in [0.25, 0.3) is 5.89 Å². The van der Waals surface area contributed by atoms with E-state index in [-0.39, 0.29) is 6.61 Å². The molecule has 0 saturated carbocycles. The van der Waals surface area contributed by atoms with Crippen LogP contribution in [0.25, 0.3) is 10.8 Å². The average Bonchev–Trinajstić information content (AvgIpc) is 3.12. The number of carbonyl (C=O) groups excluding carboxylic acids is 1. The molecule has 0 aliphatic rings. The standard InChI is InChI=1S/C13H14N2O4S/c1-3-6-17-9(2)13(16)18-8-11-14-12(19-15-11)10-5-4-7-20-10/h3-5,7,9H,1,6,8H2,2H3. The molecule has 1 unspecified atom stereocenters. The van der Waals surface area contributed by atoms with Crippen molar-refractivity contribution >= 4 is 17.3 Å². The van der Waals surface area contributed by atoms with Crippen molar-refractivity contribution in [2.24, 2.45) is 0 Å². The van der Waals surface area contributed by atoms with Gasteiger partial charge in [-0.2, -0.15) is 4.98 Å². The van der Waals surface area contributed by atoms with Crippen LogP contribution in [0, 0.1) is 0 Å². The number of nitrogens with zero attached hydrogens (tertiary/aromatic N) is 2. The van der Waals surface area contributed by atoms with Crippen LogP contribution < -0.4 is 0 Å². The van der Waals surface area contributed by atoms with Gasteiger partial charge in [0.15, 0.2) is 12.7 Å². The molecular formula is C13H14N2O4S. The first-order chi connectivity index (χ1) is 9.70. The van der Waals surface area contributed by atoms with Crippen molar-refractivity contribution < 1.29 is 18.8 Å². The van der Waals surface area contributed by atoms with Crippen LogP contribution in [-0.4, -0.2) is 28.8 Å². The Morgan fingerprint density at radius 1 is 1.65 bits per heavy atom. The lowest BCUT2D eigenvalue weighted by Crippen LogP contribution is -2.23. The summed E-state index contributed by atoms with van der Waals surface area (Å²) in [6.45, 7) is 5.36. The predicted molar refractivity (Wildman–Crippen MR) is 73.0 cm³/mol. The third-order valence-electron chi connectivity index (χ3n) is 2.34. The van der Waals surface area contributed by atoms with Gasteiger partial charge in [0, 0.05) is 0 Å². The summed E-state index contributed by atoms with van der Waals surface area (Å²) in [5.74, 6) is 0.258. The number of thiophene rings is 1. The van der Waals surface area contributed by atoms with E-state index in [4.69, 9.17) is 14.0 Å². The van der Waals surface area contributed by atoms with Gasteiger partial charge in [0.05, 0.1) is 11.5 Å². The van der Waals surface area contributed by atoms with Crippen molar-refractivity contribution in [2.75, 3.05) is 6.61 Å². The fourth-order valence-electron chi connectivity index (χ4n) is 1.35. The van der Waals surface area contributed by atoms with Crippen LogP contribution in [-0.2, 0) is 20.9 Å². The zero-order valence-electron chi connectivity index (χ0n) is 10.9. The Kier molecular flexibility index (Phi) is 5.03. The largest absolute Gasteiger partial charge is 0.455 e. The summed E-state index contributed by atoms with van der Waals surface area (Å²) >= 11 is 1.49. The minimum atomic E-state index is -0.656. The fourth-order valence-corrected chi connectivity index (χ4v) is 1.99. The number of hydrogen-bond donors (Lipinski definition) is 0. The molecule has 2 rings (SSSR count). The molecule has 0 aliphatic carbocycles. The summed E-state index contributed by atoms with van der Waals surface area (Å²) in [7, 11) is 0. The summed E-state index contributed by atoms with van der Waals surface area (Å²) in [5.41, 5.74) is 0. The van der Waals surface area contributed by atoms with Crippen molar-refractivity contribution in [2.45, 2.75) is 19.6 Å². The van der Waals surface area contributed by atoms with Crippen LogP contribution in [0.2, 0.25) is 0 Å². The first kappa shape index (κ1) is 14.4. The average molecular weight is 294 g/mol. The van der Waals surface area contributed by atoms with Crippen LogP contribution >= 0.6 is 11.3 Å². The first-order valence-electron chi connectivity index (χ1n) is 5.96. The molecule has 0 aliphatic heterocycles. The zero-order chi connectivity index (χ0) is 14.4. The molecule has 0 N–H and O–H groups in total. The highest BCUT2D eigenvalue weighted by Crippen LogP contribution is 2.22. The molecule has 20 heavy (non-hydrogen) atoms. The van der Waals surface area contributed by atoms with Gasteiger partial charge in [-0.25, -0.2) is 4.79 Å². The highest BCUT2D eigenvalue weighted by molar-refractivity contribution is 7.13. The minimum Gasteiger partial charge on any atom is -0.455 e. The Balaban J connectivity index is 1.85. The molecular weight excluding hydrogens is 280 g/mol. The Labute approximate surface area is 120 Å². The van der Waals surface area contributed by atoms with Crippen LogP contribution in [0.15, 0.2) is 34.7 Å². The number of rotatable bonds is 7. The normalized spacial score (nSPS) is 12.1. The monoisotopic (exact) mass is 294 g/mol. The Hall–Kier alpha value is -1.99. The third kappa shape index (κ3) is 3.75. The van der Waals surface area contributed by atoms with Crippen molar-refractivity contribution in [3.05, 3.63) is 36.0 Å². The van der Waals surface area contributed by atoms with Crippen LogP contribution in [0.1, 0.15) is 12.7 Å². The number of aromatic nitrogens is 2. The van der Waals surface area contributed by atoms with E-state index in [0.29, 0.717) is 18.3 Å². The molecule has 2 aromatic rings. The van der Waals surface area contributed by atoms with Crippen molar-refractivity contribution in [3.63, 3.8) is 0 Å². The van der Waals surface area contributed by atoms with Gasteiger partial charge in [0.1, 0.15) is 0 Å². The van der Waals surface area contributed by atoms with Gasteiger partial charge in [-0.05, 0) is 18.4 Å². The zero-order valence-corrected chi connectivity index (χ0v) is 11.8. The van der Waals surface area contributed by atoms with Gasteiger partial charge >= 0.3 is 5.97 Å². The number of carbonyl (C=O) groups is 1. The molecule has 0 spiro atoms. The van der Waals surface area contributed by atoms with Gasteiger partial charge in [-0.1, -0.05) is 17.3 Å². The number of hydrogen-bond acceptors (Lipinski definition) is 7. The SMILES string of the molecule is C=CCOC(C)C(=O)OCc1noc(-c2cccs2)n1. The summed E-state index contributed by atoms with van der Waals surface area (Å²) in [6, 6.07) is 3.77. The van der Waals surface area contributed by atoms with E-state index in [2.05, 4.69) is 16.7 Å². The van der Waals surface area contributed by atoms with Gasteiger partial charge in [-0.3, -0.25) is 0 Å². The molecule has 0 radical (unpaired) electrons. The molecule has 0 amide bonds. The number of ether oxygens (including phenoxy) is 2. The smallest absolute Gasteiger partial charge is 0.335 e. The maximum atomic E-state index is 11.6. The lowest BCUT2D eigenvalue weighted by Gasteiger charge is -2.09. The van der Waals surface area contributed by atoms with Gasteiger partial charge < -0.3 is 14.0 Å². The summed E-state index contributed by atoms with van der Waals surface area (Å²) in [4.78, 5) is 16.6. The van der Waals surface area contributed by atoms with Crippen LogP contribution in [0.4, 0.5) is 0 Å². The first-order valence-corrected chi connectivity index (χ1v) is 6.84. The van der Waals surface area contributed by atoms with E-state index >= 15 is 0 Å². The molecule has 6 nitrogen and oxygen atoms in total. The lowest BCUT2D eigenvalue weighted by atomic mass is 10.4. The molecule has 106 valence electrons. The Morgan fingerprint density at radius 3 is 3.20 bits per heavy atom. The summed E-state index contributed by atoms with van der Waals surface area (Å²) in [5, 5.41) is 5.67. The van der Waals surface area contributed by atoms with E-state index in [1.165, 1.54) is 11.3 Å². The quantitative estimate of drug-likeness (QED) is 0.576. The Bertz CT molecular complexity index is 565. The highest BCUT2D eigenvalue weighted by atomic mass is 32.1. The second-order valence-electron chi connectivity index (χ2n) is 3.87. The topological polar surface area (TPSA) is 74.5 Å². The number of esters is 1. The maximum absolute atomic E-state index is 11.6. The second kappa shape index (κ2) is 6.97. The molecule has 2 aromatic heterocycles. The van der Waals surface area contributed by atoms with Gasteiger partial charge in [-0.15, -0.1) is 17.9 Å². The molecule has 1 atom stereocenters. The summed E-state index contributed by atoms with van der Waals surface area (Å²) in [6.07, 6.45) is 0.910. The molecule has 0 aromatic carbocycles. The fraction of sp³-hybridized carbons (Fsp3) is 0.308. The Morgan fingerprint density at radius 2 is 2.50 bits per heavy atom. The van der Waals surface area contributed by atoms with E-state index < -0.39 is 12.1 Å². The van der Waals surface area contributed by atoms with E-state index in [1.54, 1.807) is 13.0 Å². The lowest BCUT2D eigenvalue weighted by molar-refractivity contribution is -0.156. The maximum Gasteiger partial charge on any atom is 0.335 e. The van der Waals surface area contributed by atoms with Gasteiger partial charge in [0.2, 0.25) is 5.82 Å². The highest BCUT2D eigenvalue weighted by Gasteiger charge is 2.16. The van der Waals surface area contributed by atoms with Crippen LogP contribution in [0.3, 0.4) is 0 Å². The van der Waals surface area contributed by atoms with E-state index in [9.17, 15) is 4.79 Å². The predicted octanol–water partition coefficient (Wildman–Crippen LogP) is 2.43. The second-order valence-corrected chi connectivity index (χ2v) is 4.81. The van der Waals surface area contributed by atoms with E-state index in [0.717, 1.165) is 4.88 Å². The third-order valence-corrected chi connectivity index (χ3v) is 3.20. The molecule has 0 saturated heterocycles. The molecule has 0 bridgehead atoms. The minimum absolute atomic E-state index is 0.0461.